The molecule has 1 aromatic heterocycles. The minimum Gasteiger partial charge on any atom is -0.376 e. The first-order chi connectivity index (χ1) is 8.19. The van der Waals surface area contributed by atoms with Crippen LogP contribution >= 0.6 is 0 Å². The van der Waals surface area contributed by atoms with Gasteiger partial charge in [-0.25, -0.2) is 15.8 Å². The molecule has 0 saturated carbocycles. The number of nitrogens with zero attached hydrogens (tertiary/aromatic N) is 3. The number of hydrazine groups is 1. The van der Waals surface area contributed by atoms with E-state index in [1.54, 1.807) is 0 Å². The monoisotopic (exact) mass is 237 g/mol. The maximum absolute atomic E-state index is 5.61. The van der Waals surface area contributed by atoms with Crippen LogP contribution in [0.25, 0.3) is 0 Å². The summed E-state index contributed by atoms with van der Waals surface area (Å²) in [6.45, 7) is 3.57. The van der Waals surface area contributed by atoms with Gasteiger partial charge in [-0.2, -0.15) is 0 Å². The van der Waals surface area contributed by atoms with E-state index in [4.69, 9.17) is 10.6 Å². The zero-order valence-electron chi connectivity index (χ0n) is 10.3. The molecule has 2 rings (SSSR count). The van der Waals surface area contributed by atoms with E-state index in [-0.39, 0.29) is 0 Å². The lowest BCUT2D eigenvalue weighted by Crippen LogP contribution is -2.29. The SMILES string of the molecule is Cc1nc(NN)cc(N(C)CC2CCCO2)n1. The molecule has 1 aliphatic heterocycles. The first-order valence-electron chi connectivity index (χ1n) is 5.84. The Labute approximate surface area is 101 Å². The normalized spacial score (nSPS) is 19.4. The highest BCUT2D eigenvalue weighted by Crippen LogP contribution is 2.18. The first kappa shape index (κ1) is 12.1. The van der Waals surface area contributed by atoms with Gasteiger partial charge < -0.3 is 15.1 Å². The Morgan fingerprint density at radius 1 is 1.59 bits per heavy atom. The molecule has 1 aromatic rings. The minimum atomic E-state index is 0.310. The second-order valence-electron chi connectivity index (χ2n) is 4.32. The van der Waals surface area contributed by atoms with Crippen LogP contribution in [-0.4, -0.2) is 36.3 Å². The first-order valence-corrected chi connectivity index (χ1v) is 5.84. The molecule has 0 spiro atoms. The van der Waals surface area contributed by atoms with Gasteiger partial charge in [0.05, 0.1) is 6.10 Å². The number of hydrogen-bond donors (Lipinski definition) is 2. The predicted molar refractivity (Wildman–Crippen MR) is 66.8 cm³/mol. The van der Waals surface area contributed by atoms with Gasteiger partial charge in [-0.3, -0.25) is 0 Å². The number of aromatic nitrogens is 2. The second kappa shape index (κ2) is 5.29. The molecule has 6 nitrogen and oxygen atoms in total. The third-order valence-electron chi connectivity index (χ3n) is 2.86. The van der Waals surface area contributed by atoms with Gasteiger partial charge in [0.15, 0.2) is 0 Å². The Balaban J connectivity index is 2.06. The van der Waals surface area contributed by atoms with Gasteiger partial charge >= 0.3 is 0 Å². The molecule has 1 atom stereocenters. The average Bonchev–Trinajstić information content (AvgIpc) is 2.81. The number of likely N-dealkylation sites (N-methyl/N-ethyl adjacent to an activating group) is 1. The number of aryl methyl sites for hydroxylation is 1. The fourth-order valence-electron chi connectivity index (χ4n) is 2.01. The molecule has 1 unspecified atom stereocenters. The largest absolute Gasteiger partial charge is 0.376 e. The van der Waals surface area contributed by atoms with Gasteiger partial charge in [-0.15, -0.1) is 0 Å². The van der Waals surface area contributed by atoms with Crippen LogP contribution in [0.15, 0.2) is 6.07 Å². The summed E-state index contributed by atoms with van der Waals surface area (Å²) in [7, 11) is 2.00. The summed E-state index contributed by atoms with van der Waals surface area (Å²) in [6, 6.07) is 1.84. The maximum atomic E-state index is 5.61. The highest BCUT2D eigenvalue weighted by molar-refractivity contribution is 5.48. The quantitative estimate of drug-likeness (QED) is 0.592. The van der Waals surface area contributed by atoms with Crippen molar-refractivity contribution in [2.75, 3.05) is 30.5 Å². The molecule has 94 valence electrons. The average molecular weight is 237 g/mol. The summed E-state index contributed by atoms with van der Waals surface area (Å²) in [4.78, 5) is 10.6. The van der Waals surface area contributed by atoms with Gasteiger partial charge in [-0.05, 0) is 19.8 Å². The maximum Gasteiger partial charge on any atom is 0.145 e. The van der Waals surface area contributed by atoms with Crippen LogP contribution in [0.4, 0.5) is 11.6 Å². The highest BCUT2D eigenvalue weighted by atomic mass is 16.5. The standard InChI is InChI=1S/C11H19N5O/c1-8-13-10(15-12)6-11(14-8)16(2)7-9-4-3-5-17-9/h6,9H,3-5,7,12H2,1-2H3,(H,13,14,15). The van der Waals surface area contributed by atoms with Crippen molar-refractivity contribution in [1.82, 2.24) is 9.97 Å². The summed E-state index contributed by atoms with van der Waals surface area (Å²) >= 11 is 0. The summed E-state index contributed by atoms with van der Waals surface area (Å²) in [5.41, 5.74) is 2.55. The summed E-state index contributed by atoms with van der Waals surface area (Å²) in [5.74, 6) is 7.56. The van der Waals surface area contributed by atoms with Crippen LogP contribution in [0.3, 0.4) is 0 Å². The number of rotatable bonds is 4. The molecule has 17 heavy (non-hydrogen) atoms. The van der Waals surface area contributed by atoms with Gasteiger partial charge in [0.1, 0.15) is 17.5 Å². The second-order valence-corrected chi connectivity index (χ2v) is 4.32. The number of anilines is 2. The van der Waals surface area contributed by atoms with E-state index in [0.29, 0.717) is 17.7 Å². The van der Waals surface area contributed by atoms with E-state index < -0.39 is 0 Å². The van der Waals surface area contributed by atoms with Crippen molar-refractivity contribution in [3.05, 3.63) is 11.9 Å². The number of nitrogens with two attached hydrogens (primary N) is 1. The smallest absolute Gasteiger partial charge is 0.145 e. The number of ether oxygens (including phenoxy) is 1. The Bertz CT molecular complexity index is 378. The zero-order chi connectivity index (χ0) is 12.3. The highest BCUT2D eigenvalue weighted by Gasteiger charge is 2.18. The molecule has 0 bridgehead atoms. The van der Waals surface area contributed by atoms with Crippen LogP contribution in [-0.2, 0) is 4.74 Å². The number of hydrogen-bond acceptors (Lipinski definition) is 6. The lowest BCUT2D eigenvalue weighted by Gasteiger charge is -2.22. The molecule has 6 heteroatoms. The molecule has 1 saturated heterocycles. The number of nitrogen functional groups attached to an aromatic ring is 1. The minimum absolute atomic E-state index is 0.310. The van der Waals surface area contributed by atoms with Crippen LogP contribution in [0, 0.1) is 6.92 Å². The third kappa shape index (κ3) is 3.04. The topological polar surface area (TPSA) is 76.3 Å². The van der Waals surface area contributed by atoms with E-state index in [1.165, 1.54) is 0 Å². The van der Waals surface area contributed by atoms with Crippen LogP contribution < -0.4 is 16.2 Å². The van der Waals surface area contributed by atoms with Gasteiger partial charge in [0, 0.05) is 26.3 Å². The van der Waals surface area contributed by atoms with Crippen molar-refractivity contribution in [1.29, 1.82) is 0 Å². The Morgan fingerprint density at radius 2 is 2.41 bits per heavy atom. The van der Waals surface area contributed by atoms with E-state index >= 15 is 0 Å². The fraction of sp³-hybridized carbons (Fsp3) is 0.636. The van der Waals surface area contributed by atoms with Gasteiger partial charge in [-0.1, -0.05) is 0 Å². The van der Waals surface area contributed by atoms with Crippen LogP contribution in [0.1, 0.15) is 18.7 Å². The summed E-state index contributed by atoms with van der Waals surface area (Å²) in [5, 5.41) is 0. The van der Waals surface area contributed by atoms with E-state index in [2.05, 4.69) is 20.3 Å². The molecular weight excluding hydrogens is 218 g/mol. The van der Waals surface area contributed by atoms with Crippen molar-refractivity contribution in [2.45, 2.75) is 25.9 Å². The third-order valence-corrected chi connectivity index (χ3v) is 2.86. The van der Waals surface area contributed by atoms with E-state index in [0.717, 1.165) is 31.8 Å². The Morgan fingerprint density at radius 3 is 3.06 bits per heavy atom. The zero-order valence-corrected chi connectivity index (χ0v) is 10.3. The molecule has 1 fully saturated rings. The molecular formula is C11H19N5O. The summed E-state index contributed by atoms with van der Waals surface area (Å²) < 4.78 is 5.61. The lowest BCUT2D eigenvalue weighted by molar-refractivity contribution is 0.116. The molecule has 1 aliphatic rings. The van der Waals surface area contributed by atoms with Crippen LogP contribution in [0.5, 0.6) is 0 Å². The van der Waals surface area contributed by atoms with Gasteiger partial charge in [0.25, 0.3) is 0 Å². The number of nitrogens with one attached hydrogen (secondary N) is 1. The predicted octanol–water partition coefficient (Wildman–Crippen LogP) is 0.686. The van der Waals surface area contributed by atoms with E-state index in [9.17, 15) is 0 Å². The van der Waals surface area contributed by atoms with Crippen molar-refractivity contribution in [3.63, 3.8) is 0 Å². The van der Waals surface area contributed by atoms with Gasteiger partial charge in [0.2, 0.25) is 0 Å². The van der Waals surface area contributed by atoms with Crippen molar-refractivity contribution >= 4 is 11.6 Å². The van der Waals surface area contributed by atoms with Crippen molar-refractivity contribution in [3.8, 4) is 0 Å². The molecule has 2 heterocycles. The van der Waals surface area contributed by atoms with Crippen LogP contribution in [0.2, 0.25) is 0 Å². The molecule has 3 N–H and O–H groups in total. The molecule has 0 radical (unpaired) electrons. The van der Waals surface area contributed by atoms with E-state index in [1.807, 2.05) is 20.0 Å². The summed E-state index contributed by atoms with van der Waals surface area (Å²) in [6.07, 6.45) is 2.58. The Hall–Kier alpha value is -1.40. The Kier molecular flexibility index (Phi) is 3.75. The van der Waals surface area contributed by atoms with Crippen molar-refractivity contribution in [2.24, 2.45) is 5.84 Å². The lowest BCUT2D eigenvalue weighted by atomic mass is 10.2. The fourth-order valence-corrected chi connectivity index (χ4v) is 2.01. The molecule has 0 aliphatic carbocycles. The molecule has 0 aromatic carbocycles. The van der Waals surface area contributed by atoms with Crippen molar-refractivity contribution < 1.29 is 4.74 Å². The molecule has 0 amide bonds.